The van der Waals surface area contributed by atoms with Crippen LogP contribution < -0.4 is 10.1 Å². The summed E-state index contributed by atoms with van der Waals surface area (Å²) in [7, 11) is 1.61. The molecule has 18 heavy (non-hydrogen) atoms. The van der Waals surface area contributed by atoms with Gasteiger partial charge in [-0.25, -0.2) is 4.79 Å². The maximum Gasteiger partial charge on any atom is 0.371 e. The van der Waals surface area contributed by atoms with Crippen LogP contribution in [0.4, 0.5) is 5.88 Å². The molecule has 2 N–H and O–H groups in total. The molecule has 0 spiro atoms. The molecule has 0 amide bonds. The molecule has 1 heterocycles. The molecule has 0 aliphatic rings. The number of carboxylic acid groups (broad SMARTS) is 1. The van der Waals surface area contributed by atoms with Crippen molar-refractivity contribution in [3.63, 3.8) is 0 Å². The standard InChI is InChI=1S/C13H13NO4/c1-17-10-5-3-2-4-9(10)8-14-12-7-6-11(18-12)13(15)16/h2-7,14H,8H2,1H3,(H,15,16). The van der Waals surface area contributed by atoms with Crippen LogP contribution in [-0.2, 0) is 6.54 Å². The van der Waals surface area contributed by atoms with Crippen molar-refractivity contribution < 1.29 is 19.1 Å². The average Bonchev–Trinajstić information content (AvgIpc) is 2.85. The molecular weight excluding hydrogens is 234 g/mol. The highest BCUT2D eigenvalue weighted by molar-refractivity contribution is 5.84. The van der Waals surface area contributed by atoms with Crippen LogP contribution in [0.1, 0.15) is 16.1 Å². The van der Waals surface area contributed by atoms with Gasteiger partial charge in [0.2, 0.25) is 5.76 Å². The molecule has 0 fully saturated rings. The molecule has 0 saturated carbocycles. The number of nitrogens with one attached hydrogen (secondary N) is 1. The summed E-state index contributed by atoms with van der Waals surface area (Å²) >= 11 is 0. The van der Waals surface area contributed by atoms with Crippen LogP contribution in [0.5, 0.6) is 5.75 Å². The first-order chi connectivity index (χ1) is 8.70. The maximum absolute atomic E-state index is 10.6. The predicted octanol–water partition coefficient (Wildman–Crippen LogP) is 2.60. The Morgan fingerprint density at radius 2 is 2.11 bits per heavy atom. The van der Waals surface area contributed by atoms with Gasteiger partial charge in [0.25, 0.3) is 0 Å². The number of furan rings is 1. The summed E-state index contributed by atoms with van der Waals surface area (Å²) in [5.41, 5.74) is 0.966. The van der Waals surface area contributed by atoms with Crippen LogP contribution in [0.25, 0.3) is 0 Å². The van der Waals surface area contributed by atoms with Crippen molar-refractivity contribution in [2.45, 2.75) is 6.54 Å². The van der Waals surface area contributed by atoms with E-state index in [1.165, 1.54) is 6.07 Å². The third-order valence-corrected chi connectivity index (χ3v) is 2.46. The van der Waals surface area contributed by atoms with E-state index in [0.717, 1.165) is 11.3 Å². The number of carbonyl (C=O) groups is 1. The number of aromatic carboxylic acids is 1. The Morgan fingerprint density at radius 1 is 1.33 bits per heavy atom. The van der Waals surface area contributed by atoms with Crippen molar-refractivity contribution in [3.05, 3.63) is 47.7 Å². The number of hydrogen-bond acceptors (Lipinski definition) is 4. The van der Waals surface area contributed by atoms with Crippen LogP contribution in [0.2, 0.25) is 0 Å². The Labute approximate surface area is 104 Å². The molecule has 0 aliphatic carbocycles. The predicted molar refractivity (Wildman–Crippen MR) is 66.0 cm³/mol. The van der Waals surface area contributed by atoms with Gasteiger partial charge >= 0.3 is 5.97 Å². The van der Waals surface area contributed by atoms with Gasteiger partial charge in [0.1, 0.15) is 5.75 Å². The van der Waals surface area contributed by atoms with Crippen molar-refractivity contribution in [3.8, 4) is 5.75 Å². The number of hydrogen-bond donors (Lipinski definition) is 2. The van der Waals surface area contributed by atoms with E-state index in [4.69, 9.17) is 14.3 Å². The molecule has 2 rings (SSSR count). The third kappa shape index (κ3) is 2.63. The highest BCUT2D eigenvalue weighted by Gasteiger charge is 2.09. The minimum atomic E-state index is -1.08. The number of carboxylic acids is 1. The van der Waals surface area contributed by atoms with E-state index in [2.05, 4.69) is 5.32 Å². The Kier molecular flexibility index (Phi) is 3.52. The van der Waals surface area contributed by atoms with Gasteiger partial charge < -0.3 is 19.6 Å². The first-order valence-corrected chi connectivity index (χ1v) is 5.39. The van der Waals surface area contributed by atoms with E-state index in [-0.39, 0.29) is 5.76 Å². The summed E-state index contributed by atoms with van der Waals surface area (Å²) in [6.07, 6.45) is 0. The summed E-state index contributed by atoms with van der Waals surface area (Å²) in [6.45, 7) is 0.497. The smallest absolute Gasteiger partial charge is 0.371 e. The Balaban J connectivity index is 2.04. The van der Waals surface area contributed by atoms with Gasteiger partial charge in [0.15, 0.2) is 5.88 Å². The van der Waals surface area contributed by atoms with Gasteiger partial charge in [-0.05, 0) is 12.1 Å². The van der Waals surface area contributed by atoms with E-state index in [0.29, 0.717) is 12.4 Å². The van der Waals surface area contributed by atoms with Crippen LogP contribution in [0.15, 0.2) is 40.8 Å². The zero-order chi connectivity index (χ0) is 13.0. The highest BCUT2D eigenvalue weighted by atomic mass is 16.5. The number of rotatable bonds is 5. The lowest BCUT2D eigenvalue weighted by atomic mass is 10.2. The van der Waals surface area contributed by atoms with Crippen molar-refractivity contribution in [1.29, 1.82) is 0 Å². The van der Waals surface area contributed by atoms with Crippen molar-refractivity contribution in [1.82, 2.24) is 0 Å². The SMILES string of the molecule is COc1ccccc1CNc1ccc(C(=O)O)o1. The lowest BCUT2D eigenvalue weighted by Gasteiger charge is -2.08. The number of para-hydroxylation sites is 1. The van der Waals surface area contributed by atoms with Crippen LogP contribution >= 0.6 is 0 Å². The van der Waals surface area contributed by atoms with E-state index in [9.17, 15) is 4.79 Å². The first kappa shape index (κ1) is 12.0. The van der Waals surface area contributed by atoms with Gasteiger partial charge in [-0.2, -0.15) is 0 Å². The molecule has 5 heteroatoms. The molecule has 0 radical (unpaired) electrons. The highest BCUT2D eigenvalue weighted by Crippen LogP contribution is 2.20. The van der Waals surface area contributed by atoms with E-state index < -0.39 is 5.97 Å². The van der Waals surface area contributed by atoms with Gasteiger partial charge in [-0.1, -0.05) is 18.2 Å². The maximum atomic E-state index is 10.6. The molecule has 0 aliphatic heterocycles. The number of benzene rings is 1. The zero-order valence-electron chi connectivity index (χ0n) is 9.84. The minimum Gasteiger partial charge on any atom is -0.496 e. The van der Waals surface area contributed by atoms with E-state index in [1.54, 1.807) is 13.2 Å². The summed E-state index contributed by atoms with van der Waals surface area (Å²) in [5, 5.41) is 11.7. The fourth-order valence-electron chi connectivity index (χ4n) is 1.58. The second-order valence-electron chi connectivity index (χ2n) is 3.63. The molecule has 2 aromatic rings. The van der Waals surface area contributed by atoms with Crippen LogP contribution in [-0.4, -0.2) is 18.2 Å². The number of anilines is 1. The van der Waals surface area contributed by atoms with Gasteiger partial charge in [0, 0.05) is 18.2 Å². The molecular formula is C13H13NO4. The Hall–Kier alpha value is -2.43. The van der Waals surface area contributed by atoms with Gasteiger partial charge in [-0.3, -0.25) is 0 Å². The molecule has 94 valence electrons. The van der Waals surface area contributed by atoms with Crippen LogP contribution in [0, 0.1) is 0 Å². The summed E-state index contributed by atoms with van der Waals surface area (Å²) in [6, 6.07) is 10.6. The quantitative estimate of drug-likeness (QED) is 0.849. The third-order valence-electron chi connectivity index (χ3n) is 2.46. The molecule has 0 bridgehead atoms. The normalized spacial score (nSPS) is 10.1. The molecule has 0 unspecified atom stereocenters. The zero-order valence-corrected chi connectivity index (χ0v) is 9.84. The fraction of sp³-hybridized carbons (Fsp3) is 0.154. The lowest BCUT2D eigenvalue weighted by Crippen LogP contribution is -2.00. The topological polar surface area (TPSA) is 71.7 Å². The average molecular weight is 247 g/mol. The van der Waals surface area contributed by atoms with Crippen molar-refractivity contribution >= 4 is 11.9 Å². The fourth-order valence-corrected chi connectivity index (χ4v) is 1.58. The molecule has 5 nitrogen and oxygen atoms in total. The largest absolute Gasteiger partial charge is 0.496 e. The van der Waals surface area contributed by atoms with Crippen molar-refractivity contribution in [2.24, 2.45) is 0 Å². The van der Waals surface area contributed by atoms with Crippen molar-refractivity contribution in [2.75, 3.05) is 12.4 Å². The first-order valence-electron chi connectivity index (χ1n) is 5.39. The number of ether oxygens (including phenoxy) is 1. The summed E-state index contributed by atoms with van der Waals surface area (Å²) in [5.74, 6) is 0.0196. The van der Waals surface area contributed by atoms with Gasteiger partial charge in [-0.15, -0.1) is 0 Å². The second-order valence-corrected chi connectivity index (χ2v) is 3.63. The molecule has 0 atom stereocenters. The molecule has 1 aromatic carbocycles. The second kappa shape index (κ2) is 5.27. The Bertz CT molecular complexity index is 547. The molecule has 0 saturated heterocycles. The van der Waals surface area contributed by atoms with E-state index >= 15 is 0 Å². The number of methoxy groups -OCH3 is 1. The summed E-state index contributed by atoms with van der Waals surface area (Å²) < 4.78 is 10.3. The van der Waals surface area contributed by atoms with Crippen LogP contribution in [0.3, 0.4) is 0 Å². The molecule has 1 aromatic heterocycles. The monoisotopic (exact) mass is 247 g/mol. The Morgan fingerprint density at radius 3 is 2.78 bits per heavy atom. The minimum absolute atomic E-state index is 0.0856. The summed E-state index contributed by atoms with van der Waals surface area (Å²) in [4.78, 5) is 10.6. The lowest BCUT2D eigenvalue weighted by molar-refractivity contribution is 0.0663. The van der Waals surface area contributed by atoms with Gasteiger partial charge in [0.05, 0.1) is 7.11 Å². The van der Waals surface area contributed by atoms with E-state index in [1.807, 2.05) is 24.3 Å².